The van der Waals surface area contributed by atoms with Crippen molar-refractivity contribution in [1.82, 2.24) is 4.90 Å². The van der Waals surface area contributed by atoms with Crippen LogP contribution in [0.15, 0.2) is 42.5 Å². The molecule has 1 heterocycles. The summed E-state index contributed by atoms with van der Waals surface area (Å²) in [6.45, 7) is 2.76. The van der Waals surface area contributed by atoms with Gasteiger partial charge < -0.3 is 5.11 Å². The molecule has 0 amide bonds. The van der Waals surface area contributed by atoms with Crippen molar-refractivity contribution >= 4 is 29.2 Å². The van der Waals surface area contributed by atoms with Gasteiger partial charge in [0.2, 0.25) is 0 Å². The topological polar surface area (TPSA) is 40.5 Å². The average molecular weight is 364 g/mol. The third kappa shape index (κ3) is 3.44. The van der Waals surface area contributed by atoms with Gasteiger partial charge >= 0.3 is 5.97 Å². The van der Waals surface area contributed by atoms with Gasteiger partial charge in [-0.3, -0.25) is 9.69 Å². The van der Waals surface area contributed by atoms with Crippen molar-refractivity contribution in [3.05, 3.63) is 69.2 Å². The number of carboxylic acid groups (broad SMARTS) is 1. The Morgan fingerprint density at radius 2 is 1.92 bits per heavy atom. The van der Waals surface area contributed by atoms with E-state index < -0.39 is 12.0 Å². The van der Waals surface area contributed by atoms with Gasteiger partial charge in [0.15, 0.2) is 0 Å². The van der Waals surface area contributed by atoms with Crippen molar-refractivity contribution in [2.24, 2.45) is 0 Å². The van der Waals surface area contributed by atoms with E-state index in [2.05, 4.69) is 0 Å². The van der Waals surface area contributed by atoms with Crippen LogP contribution < -0.4 is 0 Å². The van der Waals surface area contributed by atoms with Gasteiger partial charge in [-0.1, -0.05) is 59.1 Å². The summed E-state index contributed by atoms with van der Waals surface area (Å²) in [5.41, 5.74) is 3.09. The first-order valence-electron chi connectivity index (χ1n) is 7.97. The minimum atomic E-state index is -0.783. The molecule has 3 nitrogen and oxygen atoms in total. The van der Waals surface area contributed by atoms with Gasteiger partial charge in [0.25, 0.3) is 0 Å². The molecule has 2 aromatic carbocycles. The molecule has 0 saturated carbocycles. The van der Waals surface area contributed by atoms with Crippen molar-refractivity contribution in [1.29, 1.82) is 0 Å². The monoisotopic (exact) mass is 363 g/mol. The largest absolute Gasteiger partial charge is 0.480 e. The molecule has 1 fully saturated rings. The van der Waals surface area contributed by atoms with Crippen molar-refractivity contribution < 1.29 is 9.90 Å². The second-order valence-corrected chi connectivity index (χ2v) is 7.06. The number of benzene rings is 2. The fraction of sp³-hybridized carbons (Fsp3) is 0.316. The van der Waals surface area contributed by atoms with E-state index in [9.17, 15) is 9.90 Å². The van der Waals surface area contributed by atoms with Crippen LogP contribution in [-0.4, -0.2) is 28.6 Å². The third-order valence-corrected chi connectivity index (χ3v) is 5.12. The highest BCUT2D eigenvalue weighted by Gasteiger charge is 2.37. The summed E-state index contributed by atoms with van der Waals surface area (Å²) >= 11 is 12.5. The van der Waals surface area contributed by atoms with E-state index >= 15 is 0 Å². The Kier molecular flexibility index (Phi) is 5.14. The molecule has 5 heteroatoms. The number of hydrogen-bond donors (Lipinski definition) is 1. The van der Waals surface area contributed by atoms with Crippen molar-refractivity contribution in [3.63, 3.8) is 0 Å². The van der Waals surface area contributed by atoms with Crippen LogP contribution in [0.25, 0.3) is 0 Å². The van der Waals surface area contributed by atoms with Crippen molar-refractivity contribution in [3.8, 4) is 0 Å². The Labute approximate surface area is 151 Å². The zero-order chi connectivity index (χ0) is 17.3. The number of rotatable bonds is 4. The number of aliphatic carboxylic acids is 1. The average Bonchev–Trinajstić information content (AvgIpc) is 3.01. The smallest absolute Gasteiger partial charge is 0.320 e. The first kappa shape index (κ1) is 17.3. The maximum absolute atomic E-state index is 11.7. The summed E-state index contributed by atoms with van der Waals surface area (Å²) in [5.74, 6) is -0.783. The lowest BCUT2D eigenvalue weighted by Gasteiger charge is -2.32. The number of nitrogens with zero attached hydrogens (tertiary/aromatic N) is 1. The Balaban J connectivity index is 2.10. The Morgan fingerprint density at radius 3 is 2.54 bits per heavy atom. The van der Waals surface area contributed by atoms with E-state index in [1.807, 2.05) is 42.2 Å². The number of carboxylic acids is 1. The van der Waals surface area contributed by atoms with Gasteiger partial charge in [0.1, 0.15) is 6.04 Å². The SMILES string of the molecule is Cc1ccc(C(c2ccc(Cl)cc2Cl)N2CCCC2C(=O)O)cc1. The molecule has 0 aromatic heterocycles. The summed E-state index contributed by atoms with van der Waals surface area (Å²) in [5, 5.41) is 10.7. The van der Waals surface area contributed by atoms with E-state index in [1.165, 1.54) is 0 Å². The summed E-state index contributed by atoms with van der Waals surface area (Å²) in [4.78, 5) is 13.7. The maximum atomic E-state index is 11.7. The fourth-order valence-electron chi connectivity index (χ4n) is 3.38. The molecule has 2 atom stereocenters. The molecule has 2 unspecified atom stereocenters. The summed E-state index contributed by atoms with van der Waals surface area (Å²) in [7, 11) is 0. The van der Waals surface area contributed by atoms with Gasteiger partial charge in [-0.05, 0) is 43.0 Å². The van der Waals surface area contributed by atoms with Gasteiger partial charge in [-0.2, -0.15) is 0 Å². The highest BCUT2D eigenvalue weighted by atomic mass is 35.5. The fourth-order valence-corrected chi connectivity index (χ4v) is 3.90. The van der Waals surface area contributed by atoms with Crippen molar-refractivity contribution in [2.45, 2.75) is 31.8 Å². The second-order valence-electron chi connectivity index (χ2n) is 6.21. The van der Waals surface area contributed by atoms with Crippen LogP contribution in [0.5, 0.6) is 0 Å². The quantitative estimate of drug-likeness (QED) is 0.835. The second kappa shape index (κ2) is 7.14. The molecule has 1 saturated heterocycles. The summed E-state index contributed by atoms with van der Waals surface area (Å²) in [6, 6.07) is 12.9. The molecule has 0 bridgehead atoms. The normalized spacial score (nSPS) is 19.4. The van der Waals surface area contributed by atoms with E-state index in [-0.39, 0.29) is 6.04 Å². The number of hydrogen-bond acceptors (Lipinski definition) is 2. The maximum Gasteiger partial charge on any atom is 0.320 e. The Morgan fingerprint density at radius 1 is 1.21 bits per heavy atom. The molecule has 1 aliphatic heterocycles. The molecule has 1 aliphatic rings. The standard InChI is InChI=1S/C19H19Cl2NO2/c1-12-4-6-13(7-5-12)18(15-9-8-14(20)11-16(15)21)22-10-2-3-17(22)19(23)24/h4-9,11,17-18H,2-3,10H2,1H3,(H,23,24). The number of likely N-dealkylation sites (tertiary alicyclic amines) is 1. The van der Waals surface area contributed by atoms with Crippen LogP contribution >= 0.6 is 23.2 Å². The molecule has 3 rings (SSSR count). The van der Waals surface area contributed by atoms with Crippen LogP contribution in [0, 0.1) is 6.92 Å². The van der Waals surface area contributed by atoms with Crippen LogP contribution in [0.3, 0.4) is 0 Å². The molecular formula is C19H19Cl2NO2. The summed E-state index contributed by atoms with van der Waals surface area (Å²) in [6.07, 6.45) is 1.52. The highest BCUT2D eigenvalue weighted by Crippen LogP contribution is 2.38. The lowest BCUT2D eigenvalue weighted by atomic mass is 9.95. The molecule has 0 aliphatic carbocycles. The van der Waals surface area contributed by atoms with E-state index in [0.29, 0.717) is 16.5 Å². The van der Waals surface area contributed by atoms with E-state index in [1.54, 1.807) is 12.1 Å². The molecule has 2 aromatic rings. The zero-order valence-electron chi connectivity index (χ0n) is 13.4. The Hall–Kier alpha value is -1.55. The Bertz CT molecular complexity index is 746. The lowest BCUT2D eigenvalue weighted by molar-refractivity contribution is -0.142. The zero-order valence-corrected chi connectivity index (χ0v) is 14.9. The van der Waals surface area contributed by atoms with Gasteiger partial charge in [0, 0.05) is 16.6 Å². The van der Waals surface area contributed by atoms with Crippen LogP contribution in [0.4, 0.5) is 0 Å². The minimum Gasteiger partial charge on any atom is -0.480 e. The number of carbonyl (C=O) groups is 1. The first-order valence-corrected chi connectivity index (χ1v) is 8.73. The van der Waals surface area contributed by atoms with Crippen LogP contribution in [0.2, 0.25) is 10.0 Å². The molecule has 0 radical (unpaired) electrons. The molecular weight excluding hydrogens is 345 g/mol. The summed E-state index contributed by atoms with van der Waals surface area (Å²) < 4.78 is 0. The first-order chi connectivity index (χ1) is 11.5. The van der Waals surface area contributed by atoms with Gasteiger partial charge in [0.05, 0.1) is 6.04 Å². The predicted octanol–water partition coefficient (Wildman–Crippen LogP) is 4.94. The van der Waals surface area contributed by atoms with Crippen LogP contribution in [-0.2, 0) is 4.79 Å². The molecule has 126 valence electrons. The molecule has 0 spiro atoms. The van der Waals surface area contributed by atoms with E-state index in [0.717, 1.165) is 29.7 Å². The van der Waals surface area contributed by atoms with Crippen molar-refractivity contribution in [2.75, 3.05) is 6.54 Å². The molecule has 1 N–H and O–H groups in total. The van der Waals surface area contributed by atoms with Gasteiger partial charge in [-0.15, -0.1) is 0 Å². The predicted molar refractivity (Wildman–Crippen MR) is 96.8 cm³/mol. The van der Waals surface area contributed by atoms with Crippen LogP contribution in [0.1, 0.15) is 35.6 Å². The van der Waals surface area contributed by atoms with Gasteiger partial charge in [-0.25, -0.2) is 0 Å². The highest BCUT2D eigenvalue weighted by molar-refractivity contribution is 6.35. The van der Waals surface area contributed by atoms with E-state index in [4.69, 9.17) is 23.2 Å². The minimum absolute atomic E-state index is 0.195. The molecule has 24 heavy (non-hydrogen) atoms. The lowest BCUT2D eigenvalue weighted by Crippen LogP contribution is -2.39. The third-order valence-electron chi connectivity index (χ3n) is 4.56. The number of halogens is 2. The number of aryl methyl sites for hydroxylation is 1.